The van der Waals surface area contributed by atoms with Crippen molar-refractivity contribution < 1.29 is 4.39 Å². The van der Waals surface area contributed by atoms with Gasteiger partial charge in [-0.25, -0.2) is 4.39 Å². The average molecular weight is 286 g/mol. The van der Waals surface area contributed by atoms with E-state index in [1.54, 1.807) is 17.4 Å². The Labute approximate surface area is 116 Å². The van der Waals surface area contributed by atoms with Gasteiger partial charge in [-0.05, 0) is 48.4 Å². The summed E-state index contributed by atoms with van der Waals surface area (Å²) in [6.45, 7) is 5.99. The van der Waals surface area contributed by atoms with Gasteiger partial charge in [-0.15, -0.1) is 22.9 Å². The molecular formula is C14H17ClFNS. The zero-order valence-electron chi connectivity index (χ0n) is 10.6. The lowest BCUT2D eigenvalue weighted by atomic mass is 10.1. The second kappa shape index (κ2) is 6.00. The highest BCUT2D eigenvalue weighted by molar-refractivity contribution is 7.17. The summed E-state index contributed by atoms with van der Waals surface area (Å²) in [4.78, 5) is 2.30. The van der Waals surface area contributed by atoms with Crippen LogP contribution in [0.4, 0.5) is 4.39 Å². The Hall–Kier alpha value is -0.640. The second-order valence-electron chi connectivity index (χ2n) is 4.65. The van der Waals surface area contributed by atoms with Crippen LogP contribution in [-0.4, -0.2) is 23.4 Å². The fourth-order valence-corrected chi connectivity index (χ4v) is 3.18. The van der Waals surface area contributed by atoms with E-state index in [0.717, 1.165) is 23.2 Å². The molecule has 2 rings (SSSR count). The molecule has 0 unspecified atom stereocenters. The summed E-state index contributed by atoms with van der Waals surface area (Å²) < 4.78 is 14.4. The largest absolute Gasteiger partial charge is 0.295 e. The first kappa shape index (κ1) is 13.8. The SMILES string of the molecule is CC(C)N(CCCl)Cc1csc2ccc(F)cc12. The third-order valence-electron chi connectivity index (χ3n) is 3.09. The molecule has 0 radical (unpaired) electrons. The number of benzene rings is 1. The topological polar surface area (TPSA) is 3.24 Å². The molecule has 1 aromatic heterocycles. The molecule has 0 saturated heterocycles. The van der Waals surface area contributed by atoms with Crippen molar-refractivity contribution in [2.45, 2.75) is 26.4 Å². The van der Waals surface area contributed by atoms with E-state index in [4.69, 9.17) is 11.6 Å². The van der Waals surface area contributed by atoms with Gasteiger partial charge in [0, 0.05) is 29.7 Å². The van der Waals surface area contributed by atoms with E-state index < -0.39 is 0 Å². The molecule has 0 bridgehead atoms. The molecule has 4 heteroatoms. The zero-order valence-corrected chi connectivity index (χ0v) is 12.2. The predicted molar refractivity (Wildman–Crippen MR) is 78.0 cm³/mol. The molecule has 1 aromatic carbocycles. The minimum absolute atomic E-state index is 0.171. The van der Waals surface area contributed by atoms with E-state index >= 15 is 0 Å². The molecule has 0 N–H and O–H groups in total. The van der Waals surface area contributed by atoms with Gasteiger partial charge in [0.15, 0.2) is 0 Å². The van der Waals surface area contributed by atoms with Gasteiger partial charge in [0.1, 0.15) is 5.82 Å². The molecule has 0 aliphatic rings. The van der Waals surface area contributed by atoms with E-state index in [2.05, 4.69) is 24.1 Å². The first-order valence-electron chi connectivity index (χ1n) is 6.07. The Kier molecular flexibility index (Phi) is 4.60. The molecule has 2 aromatic rings. The summed E-state index contributed by atoms with van der Waals surface area (Å²) in [5, 5.41) is 3.15. The monoisotopic (exact) mass is 285 g/mol. The molecule has 0 spiro atoms. The van der Waals surface area contributed by atoms with Crippen LogP contribution < -0.4 is 0 Å². The number of thiophene rings is 1. The lowest BCUT2D eigenvalue weighted by Crippen LogP contribution is -2.31. The molecular weight excluding hydrogens is 269 g/mol. The van der Waals surface area contributed by atoms with E-state index in [-0.39, 0.29) is 5.82 Å². The number of hydrogen-bond donors (Lipinski definition) is 0. The molecule has 0 saturated carbocycles. The van der Waals surface area contributed by atoms with Gasteiger partial charge in [-0.2, -0.15) is 0 Å². The lowest BCUT2D eigenvalue weighted by molar-refractivity contribution is 0.227. The maximum Gasteiger partial charge on any atom is 0.123 e. The van der Waals surface area contributed by atoms with E-state index in [9.17, 15) is 4.39 Å². The van der Waals surface area contributed by atoms with Crippen molar-refractivity contribution in [1.29, 1.82) is 0 Å². The third kappa shape index (κ3) is 3.02. The maximum absolute atomic E-state index is 13.3. The van der Waals surface area contributed by atoms with Crippen LogP contribution in [0.3, 0.4) is 0 Å². The van der Waals surface area contributed by atoms with Crippen LogP contribution in [0.1, 0.15) is 19.4 Å². The standard InChI is InChI=1S/C14H17ClFNS/c1-10(2)17(6-5-15)8-11-9-18-14-4-3-12(16)7-13(11)14/h3-4,7,9-10H,5-6,8H2,1-2H3. The predicted octanol–water partition coefficient (Wildman–Crippen LogP) is 4.49. The fourth-order valence-electron chi connectivity index (χ4n) is 2.02. The van der Waals surface area contributed by atoms with Crippen LogP contribution in [0, 0.1) is 5.82 Å². The van der Waals surface area contributed by atoms with Crippen LogP contribution in [0.25, 0.3) is 10.1 Å². The molecule has 18 heavy (non-hydrogen) atoms. The van der Waals surface area contributed by atoms with Crippen molar-refractivity contribution in [3.8, 4) is 0 Å². The molecule has 0 atom stereocenters. The summed E-state index contributed by atoms with van der Waals surface area (Å²) in [7, 11) is 0. The molecule has 1 nitrogen and oxygen atoms in total. The Bertz CT molecular complexity index is 523. The molecule has 0 aliphatic carbocycles. The first-order chi connectivity index (χ1) is 8.61. The first-order valence-corrected chi connectivity index (χ1v) is 7.49. The van der Waals surface area contributed by atoms with Gasteiger partial charge >= 0.3 is 0 Å². The minimum atomic E-state index is -0.171. The van der Waals surface area contributed by atoms with Crippen LogP contribution >= 0.6 is 22.9 Å². The van der Waals surface area contributed by atoms with Crippen LogP contribution in [0.15, 0.2) is 23.6 Å². The van der Waals surface area contributed by atoms with Gasteiger partial charge in [-0.3, -0.25) is 4.90 Å². The number of fused-ring (bicyclic) bond motifs is 1. The van der Waals surface area contributed by atoms with E-state index in [1.165, 1.54) is 11.6 Å². The smallest absolute Gasteiger partial charge is 0.123 e. The van der Waals surface area contributed by atoms with Crippen molar-refractivity contribution in [3.63, 3.8) is 0 Å². The van der Waals surface area contributed by atoms with Gasteiger partial charge in [0.2, 0.25) is 0 Å². The number of hydrogen-bond acceptors (Lipinski definition) is 2. The fraction of sp³-hybridized carbons (Fsp3) is 0.429. The third-order valence-corrected chi connectivity index (χ3v) is 4.27. The highest BCUT2D eigenvalue weighted by Crippen LogP contribution is 2.28. The summed E-state index contributed by atoms with van der Waals surface area (Å²) >= 11 is 7.49. The second-order valence-corrected chi connectivity index (χ2v) is 5.94. The Morgan fingerprint density at radius 2 is 2.17 bits per heavy atom. The van der Waals surface area contributed by atoms with Crippen molar-refractivity contribution in [3.05, 3.63) is 35.0 Å². The number of alkyl halides is 1. The van der Waals surface area contributed by atoms with Crippen LogP contribution in [0.5, 0.6) is 0 Å². The minimum Gasteiger partial charge on any atom is -0.295 e. The van der Waals surface area contributed by atoms with Crippen LogP contribution in [-0.2, 0) is 6.54 Å². The van der Waals surface area contributed by atoms with E-state index in [1.807, 2.05) is 6.07 Å². The molecule has 0 aliphatic heterocycles. The highest BCUT2D eigenvalue weighted by atomic mass is 35.5. The zero-order chi connectivity index (χ0) is 13.1. The van der Waals surface area contributed by atoms with Crippen molar-refractivity contribution in [2.75, 3.05) is 12.4 Å². The summed E-state index contributed by atoms with van der Waals surface area (Å²) in [6.07, 6.45) is 0. The van der Waals surface area contributed by atoms with Gasteiger partial charge < -0.3 is 0 Å². The molecule has 0 amide bonds. The Morgan fingerprint density at radius 3 is 2.83 bits per heavy atom. The average Bonchev–Trinajstić information content (AvgIpc) is 2.71. The number of nitrogens with zero attached hydrogens (tertiary/aromatic N) is 1. The van der Waals surface area contributed by atoms with Gasteiger partial charge in [0.05, 0.1) is 0 Å². The Balaban J connectivity index is 2.27. The van der Waals surface area contributed by atoms with Gasteiger partial charge in [0.25, 0.3) is 0 Å². The lowest BCUT2D eigenvalue weighted by Gasteiger charge is -2.25. The number of halogens is 2. The summed E-state index contributed by atoms with van der Waals surface area (Å²) in [5.74, 6) is 0.449. The molecule has 98 valence electrons. The highest BCUT2D eigenvalue weighted by Gasteiger charge is 2.12. The summed E-state index contributed by atoms with van der Waals surface area (Å²) in [5.41, 5.74) is 1.19. The van der Waals surface area contributed by atoms with Gasteiger partial charge in [-0.1, -0.05) is 0 Å². The molecule has 1 heterocycles. The molecule has 0 fully saturated rings. The number of rotatable bonds is 5. The van der Waals surface area contributed by atoms with E-state index in [0.29, 0.717) is 11.9 Å². The van der Waals surface area contributed by atoms with Crippen LogP contribution in [0.2, 0.25) is 0 Å². The van der Waals surface area contributed by atoms with Crippen molar-refractivity contribution in [1.82, 2.24) is 4.90 Å². The quantitative estimate of drug-likeness (QED) is 0.732. The summed E-state index contributed by atoms with van der Waals surface area (Å²) in [6, 6.07) is 5.43. The Morgan fingerprint density at radius 1 is 1.39 bits per heavy atom. The maximum atomic E-state index is 13.3. The normalized spacial score (nSPS) is 11.9. The van der Waals surface area contributed by atoms with Crippen molar-refractivity contribution in [2.24, 2.45) is 0 Å². The van der Waals surface area contributed by atoms with Crippen molar-refractivity contribution >= 4 is 33.0 Å².